The maximum atomic E-state index is 10.8. The maximum Gasteiger partial charge on any atom is 0.270 e. The number of hydrogen-bond acceptors (Lipinski definition) is 4. The van der Waals surface area contributed by atoms with Crippen molar-refractivity contribution in [1.82, 2.24) is 0 Å². The van der Waals surface area contributed by atoms with Crippen LogP contribution < -0.4 is 5.32 Å². The molecule has 1 N–H and O–H groups in total. The molecule has 0 atom stereocenters. The lowest BCUT2D eigenvalue weighted by Crippen LogP contribution is -2.00. The molecule has 0 aromatic heterocycles. The summed E-state index contributed by atoms with van der Waals surface area (Å²) >= 11 is 4.97. The van der Waals surface area contributed by atoms with Crippen LogP contribution in [0, 0.1) is 10.1 Å². The van der Waals surface area contributed by atoms with Gasteiger partial charge in [-0.3, -0.25) is 10.1 Å². The summed E-state index contributed by atoms with van der Waals surface area (Å²) in [5, 5.41) is 14.1. The Kier molecular flexibility index (Phi) is 5.03. The molecule has 0 saturated carbocycles. The van der Waals surface area contributed by atoms with Crippen molar-refractivity contribution in [3.8, 4) is 0 Å². The van der Waals surface area contributed by atoms with Crippen molar-refractivity contribution in [3.05, 3.63) is 62.6 Å². The van der Waals surface area contributed by atoms with Crippen molar-refractivity contribution in [2.45, 2.75) is 11.4 Å². The molecule has 20 heavy (non-hydrogen) atoms. The Balaban J connectivity index is 2.12. The van der Waals surface area contributed by atoms with Gasteiger partial charge in [0.25, 0.3) is 5.69 Å². The molecule has 0 amide bonds. The number of rotatable bonds is 5. The molecule has 2 aromatic carbocycles. The fourth-order valence-electron chi connectivity index (χ4n) is 1.78. The van der Waals surface area contributed by atoms with E-state index in [0.717, 1.165) is 11.3 Å². The van der Waals surface area contributed by atoms with Gasteiger partial charge in [0.2, 0.25) is 0 Å². The first-order valence-corrected chi connectivity index (χ1v) is 7.92. The molecule has 0 spiro atoms. The van der Waals surface area contributed by atoms with Crippen LogP contribution in [-0.2, 0) is 6.54 Å². The van der Waals surface area contributed by atoms with Crippen LogP contribution in [0.1, 0.15) is 5.56 Å². The molecule has 0 saturated heterocycles. The molecule has 0 unspecified atom stereocenters. The van der Waals surface area contributed by atoms with Crippen LogP contribution in [0.25, 0.3) is 0 Å². The van der Waals surface area contributed by atoms with Crippen LogP contribution in [0.5, 0.6) is 0 Å². The highest BCUT2D eigenvalue weighted by Gasteiger charge is 2.08. The lowest BCUT2D eigenvalue weighted by Gasteiger charge is -2.08. The molecule has 0 aliphatic carbocycles. The summed E-state index contributed by atoms with van der Waals surface area (Å²) in [5.41, 5.74) is 1.95. The summed E-state index contributed by atoms with van der Waals surface area (Å²) in [5.74, 6) is 0. The van der Waals surface area contributed by atoms with Gasteiger partial charge < -0.3 is 5.32 Å². The Morgan fingerprint density at radius 2 is 2.10 bits per heavy atom. The van der Waals surface area contributed by atoms with E-state index in [4.69, 9.17) is 0 Å². The fourth-order valence-corrected chi connectivity index (χ4v) is 2.77. The van der Waals surface area contributed by atoms with Crippen LogP contribution in [0.2, 0.25) is 0 Å². The van der Waals surface area contributed by atoms with E-state index in [1.165, 1.54) is 11.0 Å². The number of nitrogens with zero attached hydrogens (tertiary/aromatic N) is 1. The molecule has 4 nitrogen and oxygen atoms in total. The summed E-state index contributed by atoms with van der Waals surface area (Å²) in [7, 11) is 0. The molecule has 0 aliphatic rings. The van der Waals surface area contributed by atoms with Gasteiger partial charge in [0.15, 0.2) is 0 Å². The molecule has 6 heteroatoms. The van der Waals surface area contributed by atoms with Gasteiger partial charge >= 0.3 is 0 Å². The van der Waals surface area contributed by atoms with Crippen molar-refractivity contribution in [2.24, 2.45) is 0 Å². The number of nitrogens with one attached hydrogen (secondary N) is 1. The van der Waals surface area contributed by atoms with Crippen LogP contribution in [0.15, 0.2) is 51.8 Å². The number of nitro groups is 1. The van der Waals surface area contributed by atoms with Crippen molar-refractivity contribution in [2.75, 3.05) is 11.6 Å². The Labute approximate surface area is 129 Å². The molecule has 2 rings (SSSR count). The Morgan fingerprint density at radius 3 is 2.80 bits per heavy atom. The zero-order valence-corrected chi connectivity index (χ0v) is 13.2. The zero-order valence-electron chi connectivity index (χ0n) is 10.8. The first-order valence-electron chi connectivity index (χ1n) is 5.90. The Bertz CT molecular complexity index is 634. The second-order valence-electron chi connectivity index (χ2n) is 4.16. The predicted molar refractivity (Wildman–Crippen MR) is 86.3 cm³/mol. The number of halogens is 1. The van der Waals surface area contributed by atoms with Gasteiger partial charge in [-0.2, -0.15) is 0 Å². The minimum Gasteiger partial charge on any atom is -0.381 e. The Hall–Kier alpha value is -1.53. The van der Waals surface area contributed by atoms with Gasteiger partial charge in [0.05, 0.1) is 4.92 Å². The van der Waals surface area contributed by atoms with E-state index < -0.39 is 0 Å². The number of benzene rings is 2. The standard InChI is InChI=1S/C14H13BrN2O2S/c1-20-14-4-2-3-12(8-14)16-9-10-5-11(15)7-13(6-10)17(18)19/h2-8,16H,9H2,1H3. The summed E-state index contributed by atoms with van der Waals surface area (Å²) in [6, 6.07) is 13.0. The molecular weight excluding hydrogens is 340 g/mol. The molecule has 2 aromatic rings. The maximum absolute atomic E-state index is 10.8. The van der Waals surface area contributed by atoms with Crippen LogP contribution in [0.4, 0.5) is 11.4 Å². The van der Waals surface area contributed by atoms with Gasteiger partial charge in [-0.25, -0.2) is 0 Å². The van der Waals surface area contributed by atoms with E-state index in [9.17, 15) is 10.1 Å². The molecular formula is C14H13BrN2O2S. The van der Waals surface area contributed by atoms with E-state index in [1.807, 2.05) is 30.5 Å². The van der Waals surface area contributed by atoms with Crippen LogP contribution in [-0.4, -0.2) is 11.2 Å². The van der Waals surface area contributed by atoms with Crippen molar-refractivity contribution < 1.29 is 4.92 Å². The number of anilines is 1. The minimum atomic E-state index is -0.386. The Morgan fingerprint density at radius 1 is 1.30 bits per heavy atom. The molecule has 0 radical (unpaired) electrons. The van der Waals surface area contributed by atoms with Crippen LogP contribution >= 0.6 is 27.7 Å². The van der Waals surface area contributed by atoms with E-state index in [1.54, 1.807) is 17.8 Å². The SMILES string of the molecule is CSc1cccc(NCc2cc(Br)cc([N+](=O)[O-])c2)c1. The third-order valence-electron chi connectivity index (χ3n) is 2.72. The number of non-ortho nitro benzene ring substituents is 1. The third-order valence-corrected chi connectivity index (χ3v) is 3.90. The van der Waals surface area contributed by atoms with Gasteiger partial charge in [-0.05, 0) is 36.1 Å². The highest BCUT2D eigenvalue weighted by atomic mass is 79.9. The minimum absolute atomic E-state index is 0.0917. The highest BCUT2D eigenvalue weighted by Crippen LogP contribution is 2.23. The van der Waals surface area contributed by atoms with Crippen molar-refractivity contribution >= 4 is 39.1 Å². The molecule has 104 valence electrons. The first kappa shape index (κ1) is 14.9. The monoisotopic (exact) mass is 352 g/mol. The smallest absolute Gasteiger partial charge is 0.270 e. The summed E-state index contributed by atoms with van der Waals surface area (Å²) in [6.45, 7) is 0.540. The number of hydrogen-bond donors (Lipinski definition) is 1. The van der Waals surface area contributed by atoms with Crippen molar-refractivity contribution in [1.29, 1.82) is 0 Å². The quantitative estimate of drug-likeness (QED) is 0.481. The van der Waals surface area contributed by atoms with E-state index in [0.29, 0.717) is 11.0 Å². The molecule has 0 fully saturated rings. The van der Waals surface area contributed by atoms with Crippen molar-refractivity contribution in [3.63, 3.8) is 0 Å². The normalized spacial score (nSPS) is 10.3. The average Bonchev–Trinajstić information content (AvgIpc) is 2.44. The largest absolute Gasteiger partial charge is 0.381 e. The summed E-state index contributed by atoms with van der Waals surface area (Å²) in [4.78, 5) is 11.6. The highest BCUT2D eigenvalue weighted by molar-refractivity contribution is 9.10. The van der Waals surface area contributed by atoms with Gasteiger partial charge in [-0.15, -0.1) is 11.8 Å². The van der Waals surface area contributed by atoms with E-state index in [2.05, 4.69) is 27.3 Å². The van der Waals surface area contributed by atoms with E-state index >= 15 is 0 Å². The second-order valence-corrected chi connectivity index (χ2v) is 5.96. The number of thioether (sulfide) groups is 1. The van der Waals surface area contributed by atoms with Gasteiger partial charge in [0, 0.05) is 33.7 Å². The fraction of sp³-hybridized carbons (Fsp3) is 0.143. The average molecular weight is 353 g/mol. The number of nitro benzene ring substituents is 1. The predicted octanol–water partition coefficient (Wildman–Crippen LogP) is 4.69. The van der Waals surface area contributed by atoms with E-state index in [-0.39, 0.29) is 10.6 Å². The summed E-state index contributed by atoms with van der Waals surface area (Å²) < 4.78 is 0.710. The first-order chi connectivity index (χ1) is 9.58. The molecule has 0 bridgehead atoms. The van der Waals surface area contributed by atoms with Gasteiger partial charge in [0.1, 0.15) is 0 Å². The molecule has 0 aliphatic heterocycles. The lowest BCUT2D eigenvalue weighted by atomic mass is 10.2. The van der Waals surface area contributed by atoms with Gasteiger partial charge in [-0.1, -0.05) is 22.0 Å². The van der Waals surface area contributed by atoms with Crippen LogP contribution in [0.3, 0.4) is 0 Å². The topological polar surface area (TPSA) is 55.2 Å². The zero-order chi connectivity index (χ0) is 14.5. The second kappa shape index (κ2) is 6.76. The molecule has 0 heterocycles. The lowest BCUT2D eigenvalue weighted by molar-refractivity contribution is -0.385. The summed E-state index contributed by atoms with van der Waals surface area (Å²) in [6.07, 6.45) is 2.02. The third kappa shape index (κ3) is 3.98.